The fourth-order valence-electron chi connectivity index (χ4n) is 1.74. The van der Waals surface area contributed by atoms with Crippen LogP contribution in [0, 0.1) is 11.3 Å². The SMILES string of the molecule is C[Si](C)(C)OC(C#N)c1cccc2ccsc12. The molecule has 0 aliphatic heterocycles. The number of rotatable bonds is 3. The topological polar surface area (TPSA) is 33.0 Å². The van der Waals surface area contributed by atoms with Crippen molar-refractivity contribution in [2.24, 2.45) is 0 Å². The van der Waals surface area contributed by atoms with E-state index in [1.807, 2.05) is 12.1 Å². The smallest absolute Gasteiger partial charge is 0.186 e. The minimum atomic E-state index is -1.71. The molecule has 0 spiro atoms. The molecule has 1 aromatic carbocycles. The minimum absolute atomic E-state index is 0.441. The third kappa shape index (κ3) is 2.75. The lowest BCUT2D eigenvalue weighted by atomic mass is 10.1. The summed E-state index contributed by atoms with van der Waals surface area (Å²) in [6, 6.07) is 10.4. The maximum absolute atomic E-state index is 9.29. The molecule has 2 aromatic rings. The molecular weight excluding hydrogens is 246 g/mol. The molecule has 0 fully saturated rings. The Bertz CT molecular complexity index is 565. The molecule has 0 saturated heterocycles. The van der Waals surface area contributed by atoms with E-state index in [4.69, 9.17) is 4.43 Å². The second-order valence-electron chi connectivity index (χ2n) is 4.93. The summed E-state index contributed by atoms with van der Waals surface area (Å²) in [6.45, 7) is 6.31. The van der Waals surface area contributed by atoms with Gasteiger partial charge in [-0.3, -0.25) is 0 Å². The van der Waals surface area contributed by atoms with Gasteiger partial charge in [0, 0.05) is 10.3 Å². The van der Waals surface area contributed by atoms with Crippen LogP contribution in [0.2, 0.25) is 19.6 Å². The van der Waals surface area contributed by atoms with Crippen molar-refractivity contribution in [1.82, 2.24) is 0 Å². The van der Waals surface area contributed by atoms with E-state index in [9.17, 15) is 5.26 Å². The molecule has 1 heterocycles. The first-order chi connectivity index (χ1) is 8.01. The fraction of sp³-hybridized carbons (Fsp3) is 0.308. The molecule has 2 rings (SSSR count). The molecular formula is C13H15NOSSi. The molecule has 0 radical (unpaired) electrons. The van der Waals surface area contributed by atoms with E-state index in [2.05, 4.69) is 43.2 Å². The van der Waals surface area contributed by atoms with Gasteiger partial charge < -0.3 is 4.43 Å². The lowest BCUT2D eigenvalue weighted by molar-refractivity contribution is 0.257. The molecule has 88 valence electrons. The zero-order valence-corrected chi connectivity index (χ0v) is 12.0. The van der Waals surface area contributed by atoms with Gasteiger partial charge in [-0.05, 0) is 36.5 Å². The third-order valence-corrected chi connectivity index (χ3v) is 4.30. The average Bonchev–Trinajstić information content (AvgIpc) is 2.72. The van der Waals surface area contributed by atoms with Crippen LogP contribution in [0.3, 0.4) is 0 Å². The summed E-state index contributed by atoms with van der Waals surface area (Å²) >= 11 is 1.67. The summed E-state index contributed by atoms with van der Waals surface area (Å²) in [6.07, 6.45) is -0.441. The predicted molar refractivity (Wildman–Crippen MR) is 74.6 cm³/mol. The highest BCUT2D eigenvalue weighted by atomic mass is 32.1. The summed E-state index contributed by atoms with van der Waals surface area (Å²) < 4.78 is 7.10. The van der Waals surface area contributed by atoms with Crippen molar-refractivity contribution in [2.45, 2.75) is 25.7 Å². The number of thiophene rings is 1. The molecule has 0 amide bonds. The molecule has 0 bridgehead atoms. The van der Waals surface area contributed by atoms with Gasteiger partial charge in [0.25, 0.3) is 0 Å². The normalized spacial score (nSPS) is 13.5. The van der Waals surface area contributed by atoms with E-state index in [-0.39, 0.29) is 0 Å². The van der Waals surface area contributed by atoms with E-state index in [1.165, 1.54) is 5.39 Å². The molecule has 0 N–H and O–H groups in total. The van der Waals surface area contributed by atoms with Crippen molar-refractivity contribution in [1.29, 1.82) is 5.26 Å². The number of hydrogen-bond acceptors (Lipinski definition) is 3. The maximum atomic E-state index is 9.29. The van der Waals surface area contributed by atoms with E-state index in [1.54, 1.807) is 11.3 Å². The molecule has 1 atom stereocenters. The Hall–Kier alpha value is -1.15. The van der Waals surface area contributed by atoms with Gasteiger partial charge in [0.05, 0.1) is 6.07 Å². The Labute approximate surface area is 107 Å². The van der Waals surface area contributed by atoms with Gasteiger partial charge in [0.2, 0.25) is 0 Å². The van der Waals surface area contributed by atoms with Crippen molar-refractivity contribution in [2.75, 3.05) is 0 Å². The molecule has 4 heteroatoms. The second-order valence-corrected chi connectivity index (χ2v) is 10.3. The van der Waals surface area contributed by atoms with Crippen molar-refractivity contribution >= 4 is 29.7 Å². The molecule has 17 heavy (non-hydrogen) atoms. The van der Waals surface area contributed by atoms with E-state index in [0.717, 1.165) is 10.3 Å². The number of benzene rings is 1. The highest BCUT2D eigenvalue weighted by Crippen LogP contribution is 2.31. The van der Waals surface area contributed by atoms with Gasteiger partial charge in [-0.2, -0.15) is 5.26 Å². The van der Waals surface area contributed by atoms with E-state index < -0.39 is 14.4 Å². The van der Waals surface area contributed by atoms with Crippen LogP contribution in [0.25, 0.3) is 10.1 Å². The minimum Gasteiger partial charge on any atom is -0.399 e. The van der Waals surface area contributed by atoms with Crippen molar-refractivity contribution in [3.8, 4) is 6.07 Å². The van der Waals surface area contributed by atoms with Crippen LogP contribution in [-0.2, 0) is 4.43 Å². The van der Waals surface area contributed by atoms with Crippen molar-refractivity contribution in [3.63, 3.8) is 0 Å². The first kappa shape index (κ1) is 12.3. The number of hydrogen-bond donors (Lipinski definition) is 0. The van der Waals surface area contributed by atoms with Crippen LogP contribution in [0.5, 0.6) is 0 Å². The molecule has 0 saturated carbocycles. The van der Waals surface area contributed by atoms with Gasteiger partial charge in [-0.1, -0.05) is 18.2 Å². The Morgan fingerprint density at radius 1 is 1.29 bits per heavy atom. The molecule has 0 aliphatic carbocycles. The average molecular weight is 261 g/mol. The van der Waals surface area contributed by atoms with Crippen molar-refractivity contribution < 1.29 is 4.43 Å². The Morgan fingerprint density at radius 2 is 2.06 bits per heavy atom. The Balaban J connectivity index is 2.44. The summed E-state index contributed by atoms with van der Waals surface area (Å²) in [4.78, 5) is 0. The van der Waals surface area contributed by atoms with Crippen LogP contribution < -0.4 is 0 Å². The summed E-state index contributed by atoms with van der Waals surface area (Å²) in [5, 5.41) is 12.5. The monoisotopic (exact) mass is 261 g/mol. The number of nitriles is 1. The summed E-state index contributed by atoms with van der Waals surface area (Å²) in [7, 11) is -1.71. The summed E-state index contributed by atoms with van der Waals surface area (Å²) in [5.74, 6) is 0. The van der Waals surface area contributed by atoms with Crippen LogP contribution in [-0.4, -0.2) is 8.32 Å². The Kier molecular flexibility index (Phi) is 3.34. The predicted octanol–water partition coefficient (Wildman–Crippen LogP) is 4.32. The van der Waals surface area contributed by atoms with Gasteiger partial charge in [0.1, 0.15) is 0 Å². The zero-order valence-electron chi connectivity index (χ0n) is 10.2. The molecule has 2 nitrogen and oxygen atoms in total. The lowest BCUT2D eigenvalue weighted by Crippen LogP contribution is -2.27. The number of nitrogens with zero attached hydrogens (tertiary/aromatic N) is 1. The first-order valence-electron chi connectivity index (χ1n) is 5.55. The summed E-state index contributed by atoms with van der Waals surface area (Å²) in [5.41, 5.74) is 1.00. The van der Waals surface area contributed by atoms with Gasteiger partial charge in [0.15, 0.2) is 14.4 Å². The fourth-order valence-corrected chi connectivity index (χ4v) is 3.56. The quantitative estimate of drug-likeness (QED) is 0.771. The van der Waals surface area contributed by atoms with Crippen LogP contribution in [0.15, 0.2) is 29.6 Å². The third-order valence-electron chi connectivity index (χ3n) is 2.38. The van der Waals surface area contributed by atoms with Crippen LogP contribution in [0.1, 0.15) is 11.7 Å². The van der Waals surface area contributed by atoms with Crippen molar-refractivity contribution in [3.05, 3.63) is 35.2 Å². The van der Waals surface area contributed by atoms with E-state index >= 15 is 0 Å². The highest BCUT2D eigenvalue weighted by Gasteiger charge is 2.23. The molecule has 1 unspecified atom stereocenters. The molecule has 0 aliphatic rings. The maximum Gasteiger partial charge on any atom is 0.186 e. The Morgan fingerprint density at radius 3 is 2.71 bits per heavy atom. The van der Waals surface area contributed by atoms with Crippen LogP contribution >= 0.6 is 11.3 Å². The first-order valence-corrected chi connectivity index (χ1v) is 9.83. The highest BCUT2D eigenvalue weighted by molar-refractivity contribution is 7.17. The second kappa shape index (κ2) is 4.61. The van der Waals surface area contributed by atoms with E-state index in [0.29, 0.717) is 0 Å². The largest absolute Gasteiger partial charge is 0.399 e. The van der Waals surface area contributed by atoms with Crippen LogP contribution in [0.4, 0.5) is 0 Å². The van der Waals surface area contributed by atoms with Gasteiger partial charge in [-0.25, -0.2) is 0 Å². The number of fused-ring (bicyclic) bond motifs is 1. The van der Waals surface area contributed by atoms with Gasteiger partial charge >= 0.3 is 0 Å². The standard InChI is InChI=1S/C13H15NOSSi/c1-17(2,3)15-12(9-14)11-6-4-5-10-7-8-16-13(10)11/h4-8,12H,1-3H3. The van der Waals surface area contributed by atoms with Gasteiger partial charge in [-0.15, -0.1) is 11.3 Å². The molecule has 1 aromatic heterocycles. The lowest BCUT2D eigenvalue weighted by Gasteiger charge is -2.22. The zero-order chi connectivity index (χ0) is 12.5.